The fourth-order valence-corrected chi connectivity index (χ4v) is 1.61. The standard InChI is InChI=1S/C13H18N2O3/c1-3-8-15(2)13(18)14-11-7-5-4-6-10(11)9-12(16)17/h4-7H,3,8-9H2,1-2H3,(H,14,18)(H,16,17). The van der Waals surface area contributed by atoms with Crippen molar-refractivity contribution >= 4 is 17.7 Å². The largest absolute Gasteiger partial charge is 0.481 e. The molecule has 0 saturated carbocycles. The molecule has 2 N–H and O–H groups in total. The topological polar surface area (TPSA) is 69.6 Å². The lowest BCUT2D eigenvalue weighted by Crippen LogP contribution is -2.32. The smallest absolute Gasteiger partial charge is 0.321 e. The van der Waals surface area contributed by atoms with Crippen LogP contribution < -0.4 is 5.32 Å². The number of hydrogen-bond donors (Lipinski definition) is 2. The van der Waals surface area contributed by atoms with E-state index >= 15 is 0 Å². The van der Waals surface area contributed by atoms with Crippen LogP contribution in [0.1, 0.15) is 18.9 Å². The number of para-hydroxylation sites is 1. The summed E-state index contributed by atoms with van der Waals surface area (Å²) >= 11 is 0. The van der Waals surface area contributed by atoms with Crippen LogP contribution in [0.4, 0.5) is 10.5 Å². The van der Waals surface area contributed by atoms with Crippen LogP contribution in [0.25, 0.3) is 0 Å². The summed E-state index contributed by atoms with van der Waals surface area (Å²) in [6.45, 7) is 2.65. The van der Waals surface area contributed by atoms with Crippen LogP contribution in [-0.4, -0.2) is 35.6 Å². The summed E-state index contributed by atoms with van der Waals surface area (Å²) in [5.41, 5.74) is 1.15. The van der Waals surface area contributed by atoms with Gasteiger partial charge in [0.1, 0.15) is 0 Å². The van der Waals surface area contributed by atoms with E-state index in [1.807, 2.05) is 6.92 Å². The van der Waals surface area contributed by atoms with Crippen LogP contribution in [0.5, 0.6) is 0 Å². The number of rotatable bonds is 5. The van der Waals surface area contributed by atoms with Gasteiger partial charge in [-0.15, -0.1) is 0 Å². The van der Waals surface area contributed by atoms with Crippen molar-refractivity contribution in [1.29, 1.82) is 0 Å². The third-order valence-corrected chi connectivity index (χ3v) is 2.51. The fraction of sp³-hybridized carbons (Fsp3) is 0.385. The Balaban J connectivity index is 2.77. The summed E-state index contributed by atoms with van der Waals surface area (Å²) in [7, 11) is 1.71. The zero-order valence-corrected chi connectivity index (χ0v) is 10.6. The molecule has 0 heterocycles. The number of nitrogens with one attached hydrogen (secondary N) is 1. The molecule has 1 aromatic carbocycles. The Morgan fingerprint density at radius 3 is 2.61 bits per heavy atom. The van der Waals surface area contributed by atoms with Crippen LogP contribution in [0.3, 0.4) is 0 Å². The van der Waals surface area contributed by atoms with Gasteiger partial charge in [-0.25, -0.2) is 4.79 Å². The van der Waals surface area contributed by atoms with E-state index in [1.54, 1.807) is 36.2 Å². The maximum Gasteiger partial charge on any atom is 0.321 e. The van der Waals surface area contributed by atoms with E-state index in [0.717, 1.165) is 6.42 Å². The first kappa shape index (κ1) is 14.0. The number of urea groups is 1. The second kappa shape index (κ2) is 6.64. The predicted octanol–water partition coefficient (Wildman–Crippen LogP) is 2.19. The highest BCUT2D eigenvalue weighted by Crippen LogP contribution is 2.16. The van der Waals surface area contributed by atoms with E-state index in [1.165, 1.54) is 0 Å². The Labute approximate surface area is 106 Å². The van der Waals surface area contributed by atoms with E-state index in [0.29, 0.717) is 17.8 Å². The van der Waals surface area contributed by atoms with Crippen molar-refractivity contribution in [2.75, 3.05) is 18.9 Å². The van der Waals surface area contributed by atoms with Gasteiger partial charge in [0, 0.05) is 19.3 Å². The van der Waals surface area contributed by atoms with E-state index < -0.39 is 5.97 Å². The van der Waals surface area contributed by atoms with E-state index in [4.69, 9.17) is 5.11 Å². The van der Waals surface area contributed by atoms with Gasteiger partial charge in [-0.2, -0.15) is 0 Å². The van der Waals surface area contributed by atoms with Crippen molar-refractivity contribution in [3.63, 3.8) is 0 Å². The molecule has 18 heavy (non-hydrogen) atoms. The molecule has 0 atom stereocenters. The number of aliphatic carboxylic acids is 1. The van der Waals surface area contributed by atoms with Gasteiger partial charge < -0.3 is 15.3 Å². The third-order valence-electron chi connectivity index (χ3n) is 2.51. The molecule has 5 nitrogen and oxygen atoms in total. The van der Waals surface area contributed by atoms with Crippen LogP contribution >= 0.6 is 0 Å². The average molecular weight is 250 g/mol. The second-order valence-corrected chi connectivity index (χ2v) is 4.08. The minimum atomic E-state index is -0.918. The molecule has 0 aliphatic carbocycles. The molecule has 1 aromatic rings. The molecule has 1 rings (SSSR count). The number of carboxylic acids is 1. The molecule has 0 radical (unpaired) electrons. The van der Waals surface area contributed by atoms with Crippen molar-refractivity contribution in [3.8, 4) is 0 Å². The third kappa shape index (κ3) is 4.08. The molecule has 0 fully saturated rings. The summed E-state index contributed by atoms with van der Waals surface area (Å²) in [4.78, 5) is 24.1. The van der Waals surface area contributed by atoms with Crippen molar-refractivity contribution in [2.24, 2.45) is 0 Å². The Morgan fingerprint density at radius 1 is 1.33 bits per heavy atom. The first-order valence-electron chi connectivity index (χ1n) is 5.86. The quantitative estimate of drug-likeness (QED) is 0.841. The van der Waals surface area contributed by atoms with Crippen molar-refractivity contribution < 1.29 is 14.7 Å². The number of amides is 2. The Kier molecular flexibility index (Phi) is 5.17. The number of hydrogen-bond acceptors (Lipinski definition) is 2. The summed E-state index contributed by atoms with van der Waals surface area (Å²) in [6.07, 6.45) is 0.772. The molecule has 0 bridgehead atoms. The SMILES string of the molecule is CCCN(C)C(=O)Nc1ccccc1CC(=O)O. The summed E-state index contributed by atoms with van der Waals surface area (Å²) in [6, 6.07) is 6.69. The summed E-state index contributed by atoms with van der Waals surface area (Å²) in [5, 5.41) is 11.5. The molecule has 5 heteroatoms. The molecule has 98 valence electrons. The lowest BCUT2D eigenvalue weighted by atomic mass is 10.1. The molecule has 0 saturated heterocycles. The maximum absolute atomic E-state index is 11.8. The minimum Gasteiger partial charge on any atom is -0.481 e. The minimum absolute atomic E-state index is 0.103. The lowest BCUT2D eigenvalue weighted by Gasteiger charge is -2.18. The van der Waals surface area contributed by atoms with Gasteiger partial charge in [0.2, 0.25) is 0 Å². The zero-order valence-electron chi connectivity index (χ0n) is 10.6. The van der Waals surface area contributed by atoms with Gasteiger partial charge in [-0.05, 0) is 18.1 Å². The van der Waals surface area contributed by atoms with E-state index in [-0.39, 0.29) is 12.5 Å². The number of anilines is 1. The average Bonchev–Trinajstić information content (AvgIpc) is 2.31. The van der Waals surface area contributed by atoms with Gasteiger partial charge in [0.25, 0.3) is 0 Å². The predicted molar refractivity (Wildman–Crippen MR) is 69.7 cm³/mol. The van der Waals surface area contributed by atoms with Gasteiger partial charge in [-0.1, -0.05) is 25.1 Å². The number of nitrogens with zero attached hydrogens (tertiary/aromatic N) is 1. The molecule has 0 spiro atoms. The second-order valence-electron chi connectivity index (χ2n) is 4.08. The Hall–Kier alpha value is -2.04. The van der Waals surface area contributed by atoms with Gasteiger partial charge >= 0.3 is 12.0 Å². The zero-order chi connectivity index (χ0) is 13.5. The van der Waals surface area contributed by atoms with Crippen molar-refractivity contribution in [2.45, 2.75) is 19.8 Å². The number of carbonyl (C=O) groups excluding carboxylic acids is 1. The molecule has 0 aliphatic heterocycles. The molecular formula is C13H18N2O3. The highest BCUT2D eigenvalue weighted by molar-refractivity contribution is 5.90. The highest BCUT2D eigenvalue weighted by Gasteiger charge is 2.11. The van der Waals surface area contributed by atoms with Crippen LogP contribution in [-0.2, 0) is 11.2 Å². The fourth-order valence-electron chi connectivity index (χ4n) is 1.61. The van der Waals surface area contributed by atoms with Crippen molar-refractivity contribution in [3.05, 3.63) is 29.8 Å². The summed E-state index contributed by atoms with van der Waals surface area (Å²) < 4.78 is 0. The van der Waals surface area contributed by atoms with Gasteiger partial charge in [-0.3, -0.25) is 4.79 Å². The highest BCUT2D eigenvalue weighted by atomic mass is 16.4. The normalized spacial score (nSPS) is 9.89. The molecule has 0 unspecified atom stereocenters. The van der Waals surface area contributed by atoms with Gasteiger partial charge in [0.15, 0.2) is 0 Å². The Morgan fingerprint density at radius 2 is 2.00 bits per heavy atom. The molecular weight excluding hydrogens is 232 g/mol. The molecule has 2 amide bonds. The molecule has 0 aromatic heterocycles. The van der Waals surface area contributed by atoms with Crippen LogP contribution in [0.15, 0.2) is 24.3 Å². The van der Waals surface area contributed by atoms with Crippen LogP contribution in [0, 0.1) is 0 Å². The monoisotopic (exact) mass is 250 g/mol. The number of carboxylic acid groups (broad SMARTS) is 1. The number of carbonyl (C=O) groups is 2. The van der Waals surface area contributed by atoms with E-state index in [9.17, 15) is 9.59 Å². The van der Waals surface area contributed by atoms with E-state index in [2.05, 4.69) is 5.32 Å². The lowest BCUT2D eigenvalue weighted by molar-refractivity contribution is -0.136. The van der Waals surface area contributed by atoms with Crippen LogP contribution in [0.2, 0.25) is 0 Å². The Bertz CT molecular complexity index is 432. The van der Waals surface area contributed by atoms with Crippen molar-refractivity contribution in [1.82, 2.24) is 4.90 Å². The van der Waals surface area contributed by atoms with Gasteiger partial charge in [0.05, 0.1) is 6.42 Å². The molecule has 0 aliphatic rings. The first-order valence-corrected chi connectivity index (χ1v) is 5.86. The summed E-state index contributed by atoms with van der Waals surface area (Å²) in [5.74, 6) is -0.918. The first-order chi connectivity index (χ1) is 8.54. The number of benzene rings is 1. The maximum atomic E-state index is 11.8.